The van der Waals surface area contributed by atoms with Crippen LogP contribution in [-0.2, 0) is 6.54 Å². The molecule has 0 saturated carbocycles. The third-order valence-electron chi connectivity index (χ3n) is 4.69. The lowest BCUT2D eigenvalue weighted by Crippen LogP contribution is -2.48. The highest BCUT2D eigenvalue weighted by atomic mass is 35.5. The van der Waals surface area contributed by atoms with E-state index in [9.17, 15) is 4.79 Å². The van der Waals surface area contributed by atoms with Crippen LogP contribution in [0, 0.1) is 0 Å². The highest BCUT2D eigenvalue weighted by Gasteiger charge is 2.25. The van der Waals surface area contributed by atoms with Gasteiger partial charge in [0.25, 0.3) is 5.91 Å². The van der Waals surface area contributed by atoms with Crippen molar-refractivity contribution in [3.8, 4) is 11.5 Å². The summed E-state index contributed by atoms with van der Waals surface area (Å²) in [6.45, 7) is 3.44. The third kappa shape index (κ3) is 3.88. The minimum absolute atomic E-state index is 0.0838. The molecule has 0 bridgehead atoms. The van der Waals surface area contributed by atoms with Crippen LogP contribution in [0.2, 0.25) is 10.0 Å². The molecule has 0 atom stereocenters. The van der Waals surface area contributed by atoms with Crippen LogP contribution in [0.1, 0.15) is 16.1 Å². The predicted molar refractivity (Wildman–Crippen MR) is 104 cm³/mol. The molecule has 0 radical (unpaired) electrons. The summed E-state index contributed by atoms with van der Waals surface area (Å²) in [6.07, 6.45) is 1.59. The van der Waals surface area contributed by atoms with Gasteiger partial charge >= 0.3 is 0 Å². The standard InChI is InChI=1S/C19H18Cl2N4O2/c20-14-3-1-4-15(21)13(14)12-24-6-8-25(9-7-24)19(26)17-11-16(22-23-17)18-5-2-10-27-18/h1-5,10-11H,6-9,12H2,(H,22,23). The second kappa shape index (κ2) is 7.76. The minimum Gasteiger partial charge on any atom is -0.463 e. The topological polar surface area (TPSA) is 65.4 Å². The van der Waals surface area contributed by atoms with Gasteiger partial charge in [-0.15, -0.1) is 0 Å². The molecule has 2 aromatic heterocycles. The molecule has 8 heteroatoms. The summed E-state index contributed by atoms with van der Waals surface area (Å²) in [5.74, 6) is 0.572. The monoisotopic (exact) mass is 404 g/mol. The number of nitrogens with one attached hydrogen (secondary N) is 1. The van der Waals surface area contributed by atoms with Crippen molar-refractivity contribution < 1.29 is 9.21 Å². The Balaban J connectivity index is 1.37. The number of piperazine rings is 1. The normalized spacial score (nSPS) is 15.3. The summed E-state index contributed by atoms with van der Waals surface area (Å²) in [4.78, 5) is 16.8. The van der Waals surface area contributed by atoms with E-state index in [0.29, 0.717) is 46.8 Å². The fourth-order valence-electron chi connectivity index (χ4n) is 3.17. The molecule has 1 fully saturated rings. The molecule has 0 spiro atoms. The van der Waals surface area contributed by atoms with Crippen molar-refractivity contribution in [2.45, 2.75) is 6.54 Å². The molecule has 27 heavy (non-hydrogen) atoms. The zero-order valence-corrected chi connectivity index (χ0v) is 16.0. The van der Waals surface area contributed by atoms with Crippen molar-refractivity contribution >= 4 is 29.1 Å². The van der Waals surface area contributed by atoms with E-state index in [-0.39, 0.29) is 5.91 Å². The van der Waals surface area contributed by atoms with Gasteiger partial charge < -0.3 is 9.32 Å². The molecule has 1 amide bonds. The summed E-state index contributed by atoms with van der Waals surface area (Å²) in [5, 5.41) is 8.32. The van der Waals surface area contributed by atoms with Gasteiger partial charge in [0.1, 0.15) is 5.69 Å². The van der Waals surface area contributed by atoms with Gasteiger partial charge in [-0.25, -0.2) is 0 Å². The van der Waals surface area contributed by atoms with Crippen LogP contribution >= 0.6 is 23.2 Å². The Morgan fingerprint density at radius 2 is 1.85 bits per heavy atom. The Morgan fingerprint density at radius 1 is 1.11 bits per heavy atom. The minimum atomic E-state index is -0.0838. The zero-order valence-electron chi connectivity index (χ0n) is 14.5. The largest absolute Gasteiger partial charge is 0.463 e. The van der Waals surface area contributed by atoms with Crippen LogP contribution in [0.25, 0.3) is 11.5 Å². The lowest BCUT2D eigenvalue weighted by molar-refractivity contribution is 0.0622. The Kier molecular flexibility index (Phi) is 5.20. The molecule has 1 aliphatic rings. The van der Waals surface area contributed by atoms with E-state index >= 15 is 0 Å². The van der Waals surface area contributed by atoms with E-state index in [4.69, 9.17) is 27.6 Å². The SMILES string of the molecule is O=C(c1cc(-c2ccco2)[nH]n1)N1CCN(Cc2c(Cl)cccc2Cl)CC1. The van der Waals surface area contributed by atoms with Crippen molar-refractivity contribution in [1.82, 2.24) is 20.0 Å². The molecule has 0 aliphatic carbocycles. The van der Waals surface area contributed by atoms with Gasteiger partial charge in [0.05, 0.1) is 6.26 Å². The number of halogens is 2. The summed E-state index contributed by atoms with van der Waals surface area (Å²) < 4.78 is 5.32. The third-order valence-corrected chi connectivity index (χ3v) is 5.39. The highest BCUT2D eigenvalue weighted by Crippen LogP contribution is 2.26. The lowest BCUT2D eigenvalue weighted by Gasteiger charge is -2.34. The molecule has 4 rings (SSSR count). The number of carbonyl (C=O) groups excluding carboxylic acids is 1. The number of rotatable bonds is 4. The van der Waals surface area contributed by atoms with E-state index in [0.717, 1.165) is 18.7 Å². The molecule has 6 nitrogen and oxygen atoms in total. The predicted octanol–water partition coefficient (Wildman–Crippen LogP) is 3.93. The second-order valence-electron chi connectivity index (χ2n) is 6.41. The fourth-order valence-corrected chi connectivity index (χ4v) is 3.68. The molecule has 0 unspecified atom stereocenters. The van der Waals surface area contributed by atoms with Crippen molar-refractivity contribution in [3.63, 3.8) is 0 Å². The number of aromatic amines is 1. The van der Waals surface area contributed by atoms with Crippen molar-refractivity contribution in [2.75, 3.05) is 26.2 Å². The number of hydrogen-bond donors (Lipinski definition) is 1. The first-order valence-corrected chi connectivity index (χ1v) is 9.41. The molecule has 3 aromatic rings. The molecular weight excluding hydrogens is 387 g/mol. The summed E-state index contributed by atoms with van der Waals surface area (Å²) in [6, 6.07) is 10.9. The van der Waals surface area contributed by atoms with Crippen LogP contribution in [0.15, 0.2) is 47.1 Å². The number of carbonyl (C=O) groups is 1. The number of nitrogens with zero attached hydrogens (tertiary/aromatic N) is 3. The smallest absolute Gasteiger partial charge is 0.274 e. The van der Waals surface area contributed by atoms with Gasteiger partial charge in [-0.1, -0.05) is 29.3 Å². The van der Waals surface area contributed by atoms with E-state index in [2.05, 4.69) is 15.1 Å². The van der Waals surface area contributed by atoms with Crippen LogP contribution in [-0.4, -0.2) is 52.1 Å². The molecule has 140 valence electrons. The van der Waals surface area contributed by atoms with E-state index in [1.54, 1.807) is 18.4 Å². The van der Waals surface area contributed by atoms with Crippen molar-refractivity contribution in [1.29, 1.82) is 0 Å². The van der Waals surface area contributed by atoms with Crippen LogP contribution in [0.3, 0.4) is 0 Å². The van der Waals surface area contributed by atoms with E-state index < -0.39 is 0 Å². The molecular formula is C19H18Cl2N4O2. The van der Waals surface area contributed by atoms with Gasteiger partial charge in [0, 0.05) is 54.4 Å². The highest BCUT2D eigenvalue weighted by molar-refractivity contribution is 6.35. The summed E-state index contributed by atoms with van der Waals surface area (Å²) in [7, 11) is 0. The van der Waals surface area contributed by atoms with Crippen LogP contribution in [0.5, 0.6) is 0 Å². The number of aromatic nitrogens is 2. The molecule has 3 heterocycles. The first-order valence-electron chi connectivity index (χ1n) is 8.65. The van der Waals surface area contributed by atoms with Crippen molar-refractivity contribution in [2.24, 2.45) is 0 Å². The molecule has 1 aromatic carbocycles. The number of furan rings is 1. The number of H-pyrrole nitrogens is 1. The number of hydrogen-bond acceptors (Lipinski definition) is 4. The van der Waals surface area contributed by atoms with Gasteiger partial charge in [0.2, 0.25) is 0 Å². The maximum atomic E-state index is 12.7. The Labute approximate surface area is 166 Å². The first-order chi connectivity index (χ1) is 13.1. The van der Waals surface area contributed by atoms with Crippen molar-refractivity contribution in [3.05, 3.63) is 64.0 Å². The maximum absolute atomic E-state index is 12.7. The number of amides is 1. The van der Waals surface area contributed by atoms with Gasteiger partial charge in [-0.2, -0.15) is 5.10 Å². The molecule has 1 N–H and O–H groups in total. The zero-order chi connectivity index (χ0) is 18.8. The quantitative estimate of drug-likeness (QED) is 0.714. The Hall–Kier alpha value is -2.28. The van der Waals surface area contributed by atoms with Crippen LogP contribution in [0.4, 0.5) is 0 Å². The fraction of sp³-hybridized carbons (Fsp3) is 0.263. The average Bonchev–Trinajstić information content (AvgIpc) is 3.36. The first kappa shape index (κ1) is 18.1. The second-order valence-corrected chi connectivity index (χ2v) is 7.23. The number of benzene rings is 1. The van der Waals surface area contributed by atoms with Gasteiger partial charge in [0.15, 0.2) is 11.5 Å². The van der Waals surface area contributed by atoms with E-state index in [1.165, 1.54) is 0 Å². The van der Waals surface area contributed by atoms with Gasteiger partial charge in [-0.05, 0) is 24.3 Å². The van der Waals surface area contributed by atoms with Crippen LogP contribution < -0.4 is 0 Å². The lowest BCUT2D eigenvalue weighted by atomic mass is 10.2. The Morgan fingerprint density at radius 3 is 2.52 bits per heavy atom. The Bertz CT molecular complexity index is 911. The summed E-state index contributed by atoms with van der Waals surface area (Å²) >= 11 is 12.5. The molecule has 1 aliphatic heterocycles. The maximum Gasteiger partial charge on any atom is 0.274 e. The van der Waals surface area contributed by atoms with E-state index in [1.807, 2.05) is 29.2 Å². The average molecular weight is 405 g/mol. The van der Waals surface area contributed by atoms with Gasteiger partial charge in [-0.3, -0.25) is 14.8 Å². The molecule has 1 saturated heterocycles. The summed E-state index contributed by atoms with van der Waals surface area (Å²) in [5.41, 5.74) is 2.01.